The van der Waals surface area contributed by atoms with Crippen LogP contribution in [0.1, 0.15) is 12.8 Å². The molecule has 0 radical (unpaired) electrons. The summed E-state index contributed by atoms with van der Waals surface area (Å²) >= 11 is 5.28. The Hall–Kier alpha value is -1.46. The Labute approximate surface area is 117 Å². The maximum atomic E-state index is 5.67. The topological polar surface area (TPSA) is 42.8 Å². The summed E-state index contributed by atoms with van der Waals surface area (Å²) in [4.78, 5) is 0. The summed E-state index contributed by atoms with van der Waals surface area (Å²) in [5, 5.41) is 7.16. The van der Waals surface area contributed by atoms with E-state index in [-0.39, 0.29) is 0 Å². The van der Waals surface area contributed by atoms with Crippen molar-refractivity contribution >= 4 is 12.2 Å². The third-order valence-corrected chi connectivity index (χ3v) is 3.61. The van der Waals surface area contributed by atoms with E-state index in [1.807, 2.05) is 34.9 Å². The van der Waals surface area contributed by atoms with Gasteiger partial charge >= 0.3 is 0 Å². The summed E-state index contributed by atoms with van der Waals surface area (Å²) in [7, 11) is 0. The zero-order valence-electron chi connectivity index (χ0n) is 10.7. The van der Waals surface area contributed by atoms with Crippen LogP contribution < -0.4 is 0 Å². The molecule has 0 bridgehead atoms. The lowest BCUT2D eigenvalue weighted by Crippen LogP contribution is -2.09. The number of rotatable bonds is 6. The van der Waals surface area contributed by atoms with Crippen LogP contribution in [0.5, 0.6) is 0 Å². The van der Waals surface area contributed by atoms with Gasteiger partial charge in [0.15, 0.2) is 10.6 Å². The maximum absolute atomic E-state index is 5.67. The molecule has 0 spiro atoms. The van der Waals surface area contributed by atoms with E-state index in [1.165, 1.54) is 12.8 Å². The average molecular weight is 275 g/mol. The SMILES string of the molecule is S=c1[nH]nc(-c2ccccc2)n1CCOCC1CC1. The van der Waals surface area contributed by atoms with Gasteiger partial charge in [-0.1, -0.05) is 30.3 Å². The number of nitrogens with one attached hydrogen (secondary N) is 1. The number of hydrogen-bond acceptors (Lipinski definition) is 3. The first-order valence-corrected chi connectivity index (χ1v) is 7.04. The third-order valence-electron chi connectivity index (χ3n) is 3.30. The van der Waals surface area contributed by atoms with Crippen LogP contribution in [0.4, 0.5) is 0 Å². The summed E-state index contributed by atoms with van der Waals surface area (Å²) in [5.74, 6) is 1.67. The first-order chi connectivity index (χ1) is 9.34. The highest BCUT2D eigenvalue weighted by Gasteiger charge is 2.21. The van der Waals surface area contributed by atoms with Crippen molar-refractivity contribution in [3.8, 4) is 11.4 Å². The second-order valence-electron chi connectivity index (χ2n) is 4.89. The fourth-order valence-corrected chi connectivity index (χ4v) is 2.25. The molecule has 1 saturated carbocycles. The second kappa shape index (κ2) is 5.67. The number of nitrogens with zero attached hydrogens (tertiary/aromatic N) is 2. The van der Waals surface area contributed by atoms with Gasteiger partial charge in [0.2, 0.25) is 0 Å². The molecule has 0 amide bonds. The van der Waals surface area contributed by atoms with Gasteiger partial charge < -0.3 is 4.74 Å². The number of aromatic amines is 1. The summed E-state index contributed by atoms with van der Waals surface area (Å²) in [6.45, 7) is 2.31. The zero-order chi connectivity index (χ0) is 13.1. The van der Waals surface area contributed by atoms with Gasteiger partial charge in [0.25, 0.3) is 0 Å². The van der Waals surface area contributed by atoms with Crippen LogP contribution >= 0.6 is 12.2 Å². The first kappa shape index (κ1) is 12.6. The van der Waals surface area contributed by atoms with Crippen LogP contribution in [0.2, 0.25) is 0 Å². The highest BCUT2D eigenvalue weighted by molar-refractivity contribution is 7.71. The zero-order valence-corrected chi connectivity index (χ0v) is 11.5. The van der Waals surface area contributed by atoms with E-state index in [0.29, 0.717) is 11.4 Å². The number of aromatic nitrogens is 3. The van der Waals surface area contributed by atoms with Gasteiger partial charge in [-0.25, -0.2) is 0 Å². The standard InChI is InChI=1S/C14H17N3OS/c19-14-16-15-13(12-4-2-1-3-5-12)17(14)8-9-18-10-11-6-7-11/h1-5,11H,6-10H2,(H,16,19). The number of ether oxygens (including phenoxy) is 1. The summed E-state index contributed by atoms with van der Waals surface area (Å²) in [6, 6.07) is 10.1. The van der Waals surface area contributed by atoms with E-state index in [0.717, 1.165) is 30.5 Å². The van der Waals surface area contributed by atoms with Gasteiger partial charge in [-0.05, 0) is 31.0 Å². The molecule has 1 aliphatic carbocycles. The van der Waals surface area contributed by atoms with Crippen LogP contribution in [0.25, 0.3) is 11.4 Å². The Kier molecular flexibility index (Phi) is 3.75. The molecular weight excluding hydrogens is 258 g/mol. The predicted octanol–water partition coefficient (Wildman–Crippen LogP) is 3.03. The lowest BCUT2D eigenvalue weighted by Gasteiger charge is -2.07. The smallest absolute Gasteiger partial charge is 0.195 e. The number of benzene rings is 1. The molecule has 0 saturated heterocycles. The Morgan fingerprint density at radius 1 is 1.32 bits per heavy atom. The first-order valence-electron chi connectivity index (χ1n) is 6.63. The van der Waals surface area contributed by atoms with Crippen molar-refractivity contribution < 1.29 is 4.74 Å². The second-order valence-corrected chi connectivity index (χ2v) is 5.28. The highest BCUT2D eigenvalue weighted by Crippen LogP contribution is 2.28. The van der Waals surface area contributed by atoms with Crippen molar-refractivity contribution in [2.75, 3.05) is 13.2 Å². The van der Waals surface area contributed by atoms with Crippen molar-refractivity contribution in [1.29, 1.82) is 0 Å². The Morgan fingerprint density at radius 3 is 2.84 bits per heavy atom. The molecule has 3 rings (SSSR count). The highest BCUT2D eigenvalue weighted by atomic mass is 32.1. The lowest BCUT2D eigenvalue weighted by molar-refractivity contribution is 0.117. The minimum absolute atomic E-state index is 0.647. The lowest BCUT2D eigenvalue weighted by atomic mass is 10.2. The molecule has 100 valence electrons. The van der Waals surface area contributed by atoms with Crippen molar-refractivity contribution in [2.45, 2.75) is 19.4 Å². The van der Waals surface area contributed by atoms with Crippen LogP contribution in [0, 0.1) is 10.7 Å². The Balaban J connectivity index is 1.69. The van der Waals surface area contributed by atoms with E-state index in [9.17, 15) is 0 Å². The molecule has 5 heteroatoms. The molecule has 1 aliphatic rings. The number of hydrogen-bond donors (Lipinski definition) is 1. The average Bonchev–Trinajstić information content (AvgIpc) is 3.20. The fraction of sp³-hybridized carbons (Fsp3) is 0.429. The summed E-state index contributed by atoms with van der Waals surface area (Å²) in [6.07, 6.45) is 2.64. The Morgan fingerprint density at radius 2 is 2.11 bits per heavy atom. The normalized spacial score (nSPS) is 14.7. The van der Waals surface area contributed by atoms with Crippen LogP contribution in [0.15, 0.2) is 30.3 Å². The minimum atomic E-state index is 0.647. The molecule has 1 N–H and O–H groups in total. The molecule has 1 aromatic carbocycles. The molecule has 1 aromatic heterocycles. The van der Waals surface area contributed by atoms with Crippen molar-refractivity contribution in [3.05, 3.63) is 35.1 Å². The summed E-state index contributed by atoms with van der Waals surface area (Å²) in [5.41, 5.74) is 1.07. The molecule has 0 atom stereocenters. The van der Waals surface area contributed by atoms with Gasteiger partial charge in [0, 0.05) is 12.2 Å². The van der Waals surface area contributed by atoms with E-state index in [4.69, 9.17) is 17.0 Å². The predicted molar refractivity (Wildman–Crippen MR) is 76.4 cm³/mol. The van der Waals surface area contributed by atoms with Crippen LogP contribution in [-0.4, -0.2) is 28.0 Å². The Bertz CT molecular complexity index is 586. The van der Waals surface area contributed by atoms with E-state index < -0.39 is 0 Å². The summed E-state index contributed by atoms with van der Waals surface area (Å²) < 4.78 is 8.31. The van der Waals surface area contributed by atoms with Crippen molar-refractivity contribution in [1.82, 2.24) is 14.8 Å². The van der Waals surface area contributed by atoms with Crippen molar-refractivity contribution in [3.63, 3.8) is 0 Å². The van der Waals surface area contributed by atoms with E-state index >= 15 is 0 Å². The molecule has 0 aliphatic heterocycles. The third kappa shape index (κ3) is 3.11. The molecule has 2 aromatic rings. The van der Waals surface area contributed by atoms with Crippen LogP contribution in [0.3, 0.4) is 0 Å². The number of H-pyrrole nitrogens is 1. The quantitative estimate of drug-likeness (QED) is 0.651. The van der Waals surface area contributed by atoms with Gasteiger partial charge in [0.05, 0.1) is 13.2 Å². The maximum Gasteiger partial charge on any atom is 0.195 e. The molecular formula is C14H17N3OS. The van der Waals surface area contributed by atoms with Gasteiger partial charge in [0.1, 0.15) is 0 Å². The van der Waals surface area contributed by atoms with E-state index in [1.54, 1.807) is 0 Å². The monoisotopic (exact) mass is 275 g/mol. The fourth-order valence-electron chi connectivity index (χ4n) is 2.02. The van der Waals surface area contributed by atoms with E-state index in [2.05, 4.69) is 10.2 Å². The molecule has 1 fully saturated rings. The van der Waals surface area contributed by atoms with Gasteiger partial charge in [-0.3, -0.25) is 9.67 Å². The molecule has 0 unspecified atom stereocenters. The van der Waals surface area contributed by atoms with Crippen molar-refractivity contribution in [2.24, 2.45) is 5.92 Å². The van der Waals surface area contributed by atoms with Crippen LogP contribution in [-0.2, 0) is 11.3 Å². The van der Waals surface area contributed by atoms with Gasteiger partial charge in [-0.2, -0.15) is 5.10 Å². The molecule has 1 heterocycles. The minimum Gasteiger partial charge on any atom is -0.379 e. The largest absolute Gasteiger partial charge is 0.379 e. The molecule has 19 heavy (non-hydrogen) atoms. The van der Waals surface area contributed by atoms with Gasteiger partial charge in [-0.15, -0.1) is 0 Å². The molecule has 4 nitrogen and oxygen atoms in total.